The van der Waals surface area contributed by atoms with Gasteiger partial charge >= 0.3 is 0 Å². The first-order valence-corrected chi connectivity index (χ1v) is 8.86. The smallest absolute Gasteiger partial charge is 0.0563 e. The van der Waals surface area contributed by atoms with Crippen molar-refractivity contribution in [1.82, 2.24) is 4.57 Å². The maximum Gasteiger partial charge on any atom is 0.0563 e. The van der Waals surface area contributed by atoms with Crippen LogP contribution in [-0.4, -0.2) is 4.57 Å². The summed E-state index contributed by atoms with van der Waals surface area (Å²) in [6.07, 6.45) is 6.51. The second-order valence-corrected chi connectivity index (χ2v) is 6.81. The highest BCUT2D eigenvalue weighted by molar-refractivity contribution is 7.71. The fourth-order valence-electron chi connectivity index (χ4n) is 3.19. The molecule has 3 aromatic rings. The van der Waals surface area contributed by atoms with E-state index in [1.165, 1.54) is 22.3 Å². The molecule has 0 radical (unpaired) electrons. The van der Waals surface area contributed by atoms with Gasteiger partial charge in [-0.25, -0.2) is 0 Å². The van der Waals surface area contributed by atoms with Gasteiger partial charge < -0.3 is 4.57 Å². The Labute approximate surface area is 149 Å². The van der Waals surface area contributed by atoms with E-state index in [1.54, 1.807) is 0 Å². The Balaban J connectivity index is 2.19. The quantitative estimate of drug-likeness (QED) is 0.504. The van der Waals surface area contributed by atoms with E-state index in [0.717, 1.165) is 28.5 Å². The van der Waals surface area contributed by atoms with Crippen LogP contribution in [-0.2, 0) is 13.5 Å². The Morgan fingerprint density at radius 1 is 0.917 bits per heavy atom. The summed E-state index contributed by atoms with van der Waals surface area (Å²) in [5.74, 6) is 0. The van der Waals surface area contributed by atoms with Crippen LogP contribution in [0.2, 0.25) is 0 Å². The number of rotatable bonds is 4. The predicted molar refractivity (Wildman–Crippen MR) is 106 cm³/mol. The second-order valence-electron chi connectivity index (χ2n) is 6.40. The van der Waals surface area contributed by atoms with Crippen LogP contribution in [0.25, 0.3) is 22.3 Å². The molecule has 3 rings (SSSR count). The fraction of sp³-hybridized carbons (Fsp3) is 0.227. The largest absolute Gasteiger partial charge is 0.356 e. The monoisotopic (exact) mass is 333 g/mol. The van der Waals surface area contributed by atoms with Crippen LogP contribution in [0.3, 0.4) is 0 Å². The maximum atomic E-state index is 5.85. The van der Waals surface area contributed by atoms with Gasteiger partial charge in [0.05, 0.1) is 4.51 Å². The molecular formula is C22H23NS. The molecule has 1 nitrogen and oxygen atoms in total. The molecule has 2 aromatic carbocycles. The summed E-state index contributed by atoms with van der Waals surface area (Å²) in [6.45, 7) is 4.38. The summed E-state index contributed by atoms with van der Waals surface area (Å²) in [7, 11) is 2.06. The molecule has 0 aliphatic rings. The van der Waals surface area contributed by atoms with Gasteiger partial charge in [-0.3, -0.25) is 0 Å². The zero-order valence-corrected chi connectivity index (χ0v) is 15.4. The van der Waals surface area contributed by atoms with E-state index in [9.17, 15) is 0 Å². The minimum Gasteiger partial charge on any atom is -0.356 e. The normalized spacial score (nSPS) is 10.8. The topological polar surface area (TPSA) is 4.93 Å². The van der Waals surface area contributed by atoms with Crippen LogP contribution in [0.4, 0.5) is 0 Å². The van der Waals surface area contributed by atoms with Crippen molar-refractivity contribution in [3.63, 3.8) is 0 Å². The Hall–Kier alpha value is -2.19. The molecule has 122 valence electrons. The lowest BCUT2D eigenvalue weighted by molar-refractivity contribution is 0.905. The van der Waals surface area contributed by atoms with Crippen molar-refractivity contribution in [2.45, 2.75) is 26.7 Å². The molecule has 0 saturated heterocycles. The molecular weight excluding hydrogens is 310 g/mol. The number of aromatic nitrogens is 1. The van der Waals surface area contributed by atoms with Crippen LogP contribution in [0.15, 0.2) is 60.9 Å². The maximum absolute atomic E-state index is 5.85. The third-order valence-electron chi connectivity index (χ3n) is 4.23. The Bertz CT molecular complexity index is 907. The Kier molecular flexibility index (Phi) is 4.96. The minimum absolute atomic E-state index is 0.923. The van der Waals surface area contributed by atoms with E-state index in [4.69, 9.17) is 12.2 Å². The molecule has 0 N–H and O–H groups in total. The lowest BCUT2D eigenvalue weighted by Crippen LogP contribution is -1.96. The van der Waals surface area contributed by atoms with Crippen LogP contribution in [0.5, 0.6) is 0 Å². The molecule has 1 aromatic heterocycles. The van der Waals surface area contributed by atoms with Gasteiger partial charge in [0, 0.05) is 30.6 Å². The summed E-state index contributed by atoms with van der Waals surface area (Å²) < 4.78 is 3.03. The number of nitrogens with zero attached hydrogens (tertiary/aromatic N) is 1. The summed E-state index contributed by atoms with van der Waals surface area (Å²) >= 11 is 5.85. The molecule has 0 atom stereocenters. The summed E-state index contributed by atoms with van der Waals surface area (Å²) in [5.41, 5.74) is 7.31. The second kappa shape index (κ2) is 7.14. The zero-order chi connectivity index (χ0) is 17.1. The van der Waals surface area contributed by atoms with Crippen molar-refractivity contribution in [2.75, 3.05) is 0 Å². The van der Waals surface area contributed by atoms with E-state index >= 15 is 0 Å². The van der Waals surface area contributed by atoms with Crippen molar-refractivity contribution < 1.29 is 0 Å². The number of hydrogen-bond donors (Lipinski definition) is 0. The molecule has 2 heteroatoms. The highest BCUT2D eigenvalue weighted by atomic mass is 32.1. The zero-order valence-electron chi connectivity index (χ0n) is 14.5. The third kappa shape index (κ3) is 3.49. The first-order chi connectivity index (χ1) is 11.6. The summed E-state index contributed by atoms with van der Waals surface area (Å²) in [4.78, 5) is 0. The van der Waals surface area contributed by atoms with Crippen molar-refractivity contribution in [2.24, 2.45) is 7.05 Å². The van der Waals surface area contributed by atoms with Crippen LogP contribution in [0.1, 0.15) is 24.5 Å². The van der Waals surface area contributed by atoms with E-state index < -0.39 is 0 Å². The standard InChI is InChI=1S/C22H23NS/c1-4-8-17-11-16(2)12-19(13-17)21-15-23(3)14-20(22(21)24)18-9-6-5-7-10-18/h5-7,9-15H,4,8H2,1-3H3. The van der Waals surface area contributed by atoms with E-state index in [1.807, 2.05) is 6.07 Å². The molecule has 0 fully saturated rings. The third-order valence-corrected chi connectivity index (χ3v) is 4.67. The van der Waals surface area contributed by atoms with Gasteiger partial charge in [0.2, 0.25) is 0 Å². The van der Waals surface area contributed by atoms with Gasteiger partial charge in [0.25, 0.3) is 0 Å². The Morgan fingerprint density at radius 3 is 2.25 bits per heavy atom. The molecule has 0 unspecified atom stereocenters. The number of hydrogen-bond acceptors (Lipinski definition) is 1. The minimum atomic E-state index is 0.923. The van der Waals surface area contributed by atoms with Gasteiger partial charge in [0.15, 0.2) is 0 Å². The number of benzene rings is 2. The average Bonchev–Trinajstić information content (AvgIpc) is 2.57. The van der Waals surface area contributed by atoms with E-state index in [0.29, 0.717) is 0 Å². The highest BCUT2D eigenvalue weighted by Gasteiger charge is 2.09. The van der Waals surface area contributed by atoms with E-state index in [2.05, 4.69) is 80.3 Å². The average molecular weight is 334 g/mol. The van der Waals surface area contributed by atoms with Gasteiger partial charge in [-0.05, 0) is 30.0 Å². The molecule has 0 bridgehead atoms. The number of pyridine rings is 1. The van der Waals surface area contributed by atoms with Crippen LogP contribution >= 0.6 is 12.2 Å². The van der Waals surface area contributed by atoms with Gasteiger partial charge in [0.1, 0.15) is 0 Å². The number of aryl methyl sites for hydroxylation is 3. The Morgan fingerprint density at radius 2 is 1.58 bits per heavy atom. The molecule has 24 heavy (non-hydrogen) atoms. The lowest BCUT2D eigenvalue weighted by atomic mass is 9.97. The van der Waals surface area contributed by atoms with Crippen molar-refractivity contribution >= 4 is 12.2 Å². The molecule has 1 heterocycles. The van der Waals surface area contributed by atoms with Gasteiger partial charge in [-0.1, -0.05) is 79.7 Å². The molecule has 0 aliphatic heterocycles. The van der Waals surface area contributed by atoms with Crippen molar-refractivity contribution in [1.29, 1.82) is 0 Å². The SMILES string of the molecule is CCCc1cc(C)cc(-c2cn(C)cc(-c3ccccc3)c2=S)c1. The van der Waals surface area contributed by atoms with Gasteiger partial charge in [-0.2, -0.15) is 0 Å². The van der Waals surface area contributed by atoms with Crippen LogP contribution in [0, 0.1) is 11.4 Å². The summed E-state index contributed by atoms with van der Waals surface area (Å²) in [6, 6.07) is 17.2. The first-order valence-electron chi connectivity index (χ1n) is 8.45. The molecule has 0 saturated carbocycles. The van der Waals surface area contributed by atoms with Crippen LogP contribution < -0.4 is 0 Å². The van der Waals surface area contributed by atoms with Crippen molar-refractivity contribution in [3.8, 4) is 22.3 Å². The summed E-state index contributed by atoms with van der Waals surface area (Å²) in [5, 5.41) is 0. The molecule has 0 amide bonds. The van der Waals surface area contributed by atoms with E-state index in [-0.39, 0.29) is 0 Å². The highest BCUT2D eigenvalue weighted by Crippen LogP contribution is 2.30. The molecule has 0 aliphatic carbocycles. The van der Waals surface area contributed by atoms with Gasteiger partial charge in [-0.15, -0.1) is 0 Å². The predicted octanol–water partition coefficient (Wildman–Crippen LogP) is 6.35. The molecule has 0 spiro atoms. The first kappa shape index (κ1) is 16.7. The van der Waals surface area contributed by atoms with Crippen molar-refractivity contribution in [3.05, 3.63) is 76.6 Å². The lowest BCUT2D eigenvalue weighted by Gasteiger charge is -2.13. The fourth-order valence-corrected chi connectivity index (χ4v) is 3.53.